The summed E-state index contributed by atoms with van der Waals surface area (Å²) in [7, 11) is 0. The van der Waals surface area contributed by atoms with Crippen molar-refractivity contribution in [2.24, 2.45) is 0 Å². The van der Waals surface area contributed by atoms with Crippen molar-refractivity contribution in [1.82, 2.24) is 34.3 Å². The van der Waals surface area contributed by atoms with Gasteiger partial charge in [-0.3, -0.25) is 14.5 Å². The molecule has 4 rings (SSSR count). The lowest BCUT2D eigenvalue weighted by atomic mass is 10.2. The fourth-order valence-corrected chi connectivity index (χ4v) is 3.09. The van der Waals surface area contributed by atoms with E-state index in [1.165, 1.54) is 0 Å². The summed E-state index contributed by atoms with van der Waals surface area (Å²) < 4.78 is 3.58. The Kier molecular flexibility index (Phi) is 3.83. The van der Waals surface area contributed by atoms with Crippen LogP contribution in [0.2, 0.25) is 0 Å². The summed E-state index contributed by atoms with van der Waals surface area (Å²) in [6.07, 6.45) is 6.94. The maximum atomic E-state index is 12.6. The second-order valence-corrected chi connectivity index (χ2v) is 6.06. The molecule has 0 N–H and O–H groups in total. The van der Waals surface area contributed by atoms with Gasteiger partial charge in [0.05, 0.1) is 24.2 Å². The molecule has 1 aliphatic rings. The number of nitrogens with zero attached hydrogens (tertiary/aromatic N) is 8. The second kappa shape index (κ2) is 6.15. The van der Waals surface area contributed by atoms with Crippen LogP contribution < -0.4 is 4.90 Å². The molecule has 3 aromatic rings. The second-order valence-electron chi connectivity index (χ2n) is 6.06. The largest absolute Gasteiger partial charge is 0.352 e. The molecule has 4 heterocycles. The number of piperazine rings is 1. The lowest BCUT2D eigenvalue weighted by Crippen LogP contribution is -2.49. The molecule has 1 saturated heterocycles. The molecule has 0 aliphatic carbocycles. The Hall–Kier alpha value is -2.97. The highest BCUT2D eigenvalue weighted by molar-refractivity contribution is 5.93. The van der Waals surface area contributed by atoms with Gasteiger partial charge < -0.3 is 9.80 Å². The number of amides is 1. The zero-order valence-corrected chi connectivity index (χ0v) is 14.3. The predicted octanol–water partition coefficient (Wildman–Crippen LogP) is 0.612. The van der Waals surface area contributed by atoms with Crippen LogP contribution in [0.4, 0.5) is 5.82 Å². The van der Waals surface area contributed by atoms with Crippen molar-refractivity contribution in [2.45, 2.75) is 20.4 Å². The molecule has 3 aromatic heterocycles. The molecule has 0 aromatic carbocycles. The number of hydrogen-bond donors (Lipinski definition) is 0. The summed E-state index contributed by atoms with van der Waals surface area (Å²) in [6, 6.07) is 0. The fourth-order valence-electron chi connectivity index (χ4n) is 3.09. The van der Waals surface area contributed by atoms with Gasteiger partial charge in [0.15, 0.2) is 11.5 Å². The van der Waals surface area contributed by atoms with Gasteiger partial charge in [0.25, 0.3) is 5.91 Å². The molecule has 130 valence electrons. The quantitative estimate of drug-likeness (QED) is 0.695. The van der Waals surface area contributed by atoms with E-state index in [9.17, 15) is 4.79 Å². The molecule has 9 heteroatoms. The molecular weight excluding hydrogens is 320 g/mol. The van der Waals surface area contributed by atoms with Crippen molar-refractivity contribution in [3.63, 3.8) is 0 Å². The van der Waals surface area contributed by atoms with E-state index in [0.717, 1.165) is 36.9 Å². The minimum absolute atomic E-state index is 0.0345. The average Bonchev–Trinajstić information content (AvgIpc) is 3.26. The standard InChI is InChI=1S/C16H20N8O/c1-3-23-11-13(8-18-23)16(25)22-6-4-21(5-7-22)15-10-17-9-14-19-12(2)20-24(14)15/h8-11H,3-7H2,1-2H3. The SMILES string of the molecule is CCn1cc(C(=O)N2CCN(c3cncc4nc(C)nn34)CC2)cn1. The van der Waals surface area contributed by atoms with Crippen LogP contribution >= 0.6 is 0 Å². The molecule has 0 bridgehead atoms. The lowest BCUT2D eigenvalue weighted by molar-refractivity contribution is 0.0746. The first-order chi connectivity index (χ1) is 12.2. The average molecular weight is 340 g/mol. The van der Waals surface area contributed by atoms with E-state index < -0.39 is 0 Å². The Morgan fingerprint density at radius 3 is 2.68 bits per heavy atom. The van der Waals surface area contributed by atoms with E-state index in [-0.39, 0.29) is 5.91 Å². The van der Waals surface area contributed by atoms with Gasteiger partial charge in [-0.25, -0.2) is 4.98 Å². The molecule has 25 heavy (non-hydrogen) atoms. The highest BCUT2D eigenvalue weighted by Gasteiger charge is 2.24. The summed E-state index contributed by atoms with van der Waals surface area (Å²) in [6.45, 7) is 7.39. The number of rotatable bonds is 3. The van der Waals surface area contributed by atoms with Crippen LogP contribution in [-0.2, 0) is 6.54 Å². The van der Waals surface area contributed by atoms with Crippen LogP contribution in [0.3, 0.4) is 0 Å². The van der Waals surface area contributed by atoms with E-state index in [1.54, 1.807) is 29.5 Å². The van der Waals surface area contributed by atoms with Gasteiger partial charge in [-0.2, -0.15) is 9.61 Å². The third-order valence-corrected chi connectivity index (χ3v) is 4.43. The summed E-state index contributed by atoms with van der Waals surface area (Å²) in [5, 5.41) is 8.62. The first-order valence-corrected chi connectivity index (χ1v) is 8.40. The smallest absolute Gasteiger partial charge is 0.257 e. The van der Waals surface area contributed by atoms with Gasteiger partial charge in [-0.1, -0.05) is 0 Å². The molecule has 0 saturated carbocycles. The van der Waals surface area contributed by atoms with Crippen LogP contribution in [0.1, 0.15) is 23.1 Å². The van der Waals surface area contributed by atoms with Crippen molar-refractivity contribution in [1.29, 1.82) is 0 Å². The maximum absolute atomic E-state index is 12.6. The van der Waals surface area contributed by atoms with Crippen LogP contribution in [-0.4, -0.2) is 66.3 Å². The third kappa shape index (κ3) is 2.81. The number of carbonyl (C=O) groups is 1. The van der Waals surface area contributed by atoms with Crippen LogP contribution in [0, 0.1) is 6.92 Å². The predicted molar refractivity (Wildman–Crippen MR) is 91.5 cm³/mol. The maximum Gasteiger partial charge on any atom is 0.257 e. The lowest BCUT2D eigenvalue weighted by Gasteiger charge is -2.35. The first kappa shape index (κ1) is 15.6. The summed E-state index contributed by atoms with van der Waals surface area (Å²) in [5.41, 5.74) is 1.38. The van der Waals surface area contributed by atoms with E-state index in [0.29, 0.717) is 18.7 Å². The zero-order valence-electron chi connectivity index (χ0n) is 14.3. The third-order valence-electron chi connectivity index (χ3n) is 4.43. The van der Waals surface area contributed by atoms with Gasteiger partial charge in [0.2, 0.25) is 0 Å². The van der Waals surface area contributed by atoms with Gasteiger partial charge in [-0.15, -0.1) is 5.10 Å². The molecule has 0 spiro atoms. The Morgan fingerprint density at radius 2 is 1.96 bits per heavy atom. The number of aryl methyl sites for hydroxylation is 2. The van der Waals surface area contributed by atoms with Gasteiger partial charge in [0, 0.05) is 38.9 Å². The first-order valence-electron chi connectivity index (χ1n) is 8.40. The number of hydrogen-bond acceptors (Lipinski definition) is 6. The molecule has 1 fully saturated rings. The Bertz CT molecular complexity index is 906. The number of carbonyl (C=O) groups excluding carboxylic acids is 1. The highest BCUT2D eigenvalue weighted by atomic mass is 16.2. The summed E-state index contributed by atoms with van der Waals surface area (Å²) >= 11 is 0. The van der Waals surface area contributed by atoms with Crippen molar-refractivity contribution < 1.29 is 4.79 Å². The summed E-state index contributed by atoms with van der Waals surface area (Å²) in [4.78, 5) is 25.3. The van der Waals surface area contributed by atoms with Gasteiger partial charge in [0.1, 0.15) is 5.82 Å². The number of fused-ring (bicyclic) bond motifs is 1. The molecular formula is C16H20N8O. The Balaban J connectivity index is 1.48. The molecule has 1 aliphatic heterocycles. The van der Waals surface area contributed by atoms with Crippen LogP contribution in [0.15, 0.2) is 24.8 Å². The number of anilines is 1. The normalized spacial score (nSPS) is 15.1. The van der Waals surface area contributed by atoms with Crippen molar-refractivity contribution >= 4 is 17.4 Å². The van der Waals surface area contributed by atoms with Crippen molar-refractivity contribution in [3.05, 3.63) is 36.2 Å². The molecule has 9 nitrogen and oxygen atoms in total. The summed E-state index contributed by atoms with van der Waals surface area (Å²) in [5.74, 6) is 1.66. The molecule has 0 unspecified atom stereocenters. The Morgan fingerprint density at radius 1 is 1.16 bits per heavy atom. The molecule has 0 radical (unpaired) electrons. The van der Waals surface area contributed by atoms with E-state index in [2.05, 4.69) is 25.1 Å². The highest BCUT2D eigenvalue weighted by Crippen LogP contribution is 2.17. The molecule has 1 amide bonds. The van der Waals surface area contributed by atoms with E-state index in [1.807, 2.05) is 23.3 Å². The monoisotopic (exact) mass is 340 g/mol. The van der Waals surface area contributed by atoms with E-state index in [4.69, 9.17) is 0 Å². The minimum Gasteiger partial charge on any atom is -0.352 e. The zero-order chi connectivity index (χ0) is 17.4. The van der Waals surface area contributed by atoms with Gasteiger partial charge >= 0.3 is 0 Å². The van der Waals surface area contributed by atoms with Gasteiger partial charge in [-0.05, 0) is 13.8 Å². The van der Waals surface area contributed by atoms with Crippen molar-refractivity contribution in [2.75, 3.05) is 31.1 Å². The topological polar surface area (TPSA) is 84.5 Å². The fraction of sp³-hybridized carbons (Fsp3) is 0.438. The Labute approximate surface area is 144 Å². The van der Waals surface area contributed by atoms with Crippen LogP contribution in [0.25, 0.3) is 5.65 Å². The molecule has 0 atom stereocenters. The number of aromatic nitrogens is 6. The van der Waals surface area contributed by atoms with E-state index >= 15 is 0 Å². The van der Waals surface area contributed by atoms with Crippen molar-refractivity contribution in [3.8, 4) is 0 Å². The van der Waals surface area contributed by atoms with Crippen LogP contribution in [0.5, 0.6) is 0 Å². The minimum atomic E-state index is 0.0345.